The molecule has 1 aliphatic carbocycles. The van der Waals surface area contributed by atoms with Crippen molar-refractivity contribution in [3.05, 3.63) is 35.1 Å². The number of amides is 1. The van der Waals surface area contributed by atoms with Crippen LogP contribution in [0.3, 0.4) is 0 Å². The van der Waals surface area contributed by atoms with Crippen LogP contribution in [0.4, 0.5) is 17.6 Å². The minimum Gasteiger partial charge on any atom is -0.350 e. The minimum absolute atomic E-state index is 0.188. The largest absolute Gasteiger partial charge is 0.416 e. The molecule has 2 rings (SSSR count). The molecular formula is C12H12F4N2O. The van der Waals surface area contributed by atoms with Gasteiger partial charge in [0.15, 0.2) is 0 Å². The van der Waals surface area contributed by atoms with Gasteiger partial charge in [0.2, 0.25) is 5.91 Å². The van der Waals surface area contributed by atoms with E-state index in [1.54, 1.807) is 0 Å². The molecule has 1 saturated carbocycles. The van der Waals surface area contributed by atoms with E-state index < -0.39 is 29.0 Å². The van der Waals surface area contributed by atoms with E-state index in [0.29, 0.717) is 18.9 Å². The number of nitrogens with two attached hydrogens (primary N) is 1. The number of rotatable bonds is 3. The lowest BCUT2D eigenvalue weighted by atomic mass is 10.1. The second kappa shape index (κ2) is 4.48. The van der Waals surface area contributed by atoms with Crippen molar-refractivity contribution in [3.8, 4) is 0 Å². The van der Waals surface area contributed by atoms with E-state index in [9.17, 15) is 22.4 Å². The first-order chi connectivity index (χ1) is 8.72. The van der Waals surface area contributed by atoms with Crippen LogP contribution in [0, 0.1) is 5.82 Å². The molecule has 3 nitrogen and oxygen atoms in total. The first-order valence-corrected chi connectivity index (χ1v) is 5.65. The number of carbonyl (C=O) groups is 1. The predicted molar refractivity (Wildman–Crippen MR) is 59.4 cm³/mol. The highest BCUT2D eigenvalue weighted by atomic mass is 19.4. The fourth-order valence-electron chi connectivity index (χ4n) is 1.68. The number of hydrogen-bond donors (Lipinski definition) is 2. The van der Waals surface area contributed by atoms with Crippen LogP contribution in [0.2, 0.25) is 0 Å². The Morgan fingerprint density at radius 3 is 2.53 bits per heavy atom. The minimum atomic E-state index is -4.66. The molecule has 1 aliphatic rings. The molecule has 0 radical (unpaired) electrons. The van der Waals surface area contributed by atoms with Gasteiger partial charge in [-0.05, 0) is 30.5 Å². The summed E-state index contributed by atoms with van der Waals surface area (Å²) in [5.74, 6) is -1.45. The normalized spacial score (nSPS) is 17.1. The van der Waals surface area contributed by atoms with Gasteiger partial charge in [0.1, 0.15) is 5.82 Å². The van der Waals surface area contributed by atoms with E-state index in [1.807, 2.05) is 0 Å². The molecule has 3 N–H and O–H groups in total. The van der Waals surface area contributed by atoms with Crippen molar-refractivity contribution in [2.24, 2.45) is 5.73 Å². The standard InChI is InChI=1S/C12H12F4N2O/c13-8-2-1-7(9(5-8)12(14,15)16)6-18-10(19)11(17)3-4-11/h1-2,5H,3-4,6,17H2,(H,18,19). The lowest BCUT2D eigenvalue weighted by Crippen LogP contribution is -2.42. The summed E-state index contributed by atoms with van der Waals surface area (Å²) in [5, 5.41) is 2.35. The van der Waals surface area contributed by atoms with Gasteiger partial charge in [0.25, 0.3) is 0 Å². The van der Waals surface area contributed by atoms with E-state index >= 15 is 0 Å². The van der Waals surface area contributed by atoms with E-state index in [1.165, 1.54) is 0 Å². The number of nitrogens with one attached hydrogen (secondary N) is 1. The van der Waals surface area contributed by atoms with Crippen LogP contribution in [0.25, 0.3) is 0 Å². The molecular weight excluding hydrogens is 264 g/mol. The van der Waals surface area contributed by atoms with Crippen LogP contribution < -0.4 is 11.1 Å². The molecule has 1 fully saturated rings. The van der Waals surface area contributed by atoms with Gasteiger partial charge in [-0.15, -0.1) is 0 Å². The second-order valence-corrected chi connectivity index (χ2v) is 4.64. The number of benzene rings is 1. The summed E-state index contributed by atoms with van der Waals surface area (Å²) in [4.78, 5) is 11.5. The Balaban J connectivity index is 2.14. The van der Waals surface area contributed by atoms with Crippen LogP contribution in [-0.4, -0.2) is 11.4 Å². The SMILES string of the molecule is NC1(C(=O)NCc2ccc(F)cc2C(F)(F)F)CC1. The molecule has 0 saturated heterocycles. The van der Waals surface area contributed by atoms with Crippen LogP contribution in [0.15, 0.2) is 18.2 Å². The first-order valence-electron chi connectivity index (χ1n) is 5.65. The smallest absolute Gasteiger partial charge is 0.350 e. The molecule has 1 aromatic carbocycles. The van der Waals surface area contributed by atoms with Crippen LogP contribution in [0.5, 0.6) is 0 Å². The summed E-state index contributed by atoms with van der Waals surface area (Å²) < 4.78 is 51.0. The van der Waals surface area contributed by atoms with E-state index in [2.05, 4.69) is 5.32 Å². The molecule has 0 unspecified atom stereocenters. The molecule has 1 aromatic rings. The highest BCUT2D eigenvalue weighted by molar-refractivity contribution is 5.88. The van der Waals surface area contributed by atoms with Gasteiger partial charge < -0.3 is 11.1 Å². The molecule has 19 heavy (non-hydrogen) atoms. The maximum Gasteiger partial charge on any atom is 0.416 e. The molecule has 0 aliphatic heterocycles. The van der Waals surface area contributed by atoms with Gasteiger partial charge in [-0.2, -0.15) is 13.2 Å². The molecule has 0 aromatic heterocycles. The van der Waals surface area contributed by atoms with Crippen molar-refractivity contribution in [2.45, 2.75) is 31.1 Å². The Morgan fingerprint density at radius 1 is 1.37 bits per heavy atom. The van der Waals surface area contributed by atoms with Gasteiger partial charge in [-0.3, -0.25) is 4.79 Å². The third kappa shape index (κ3) is 3.04. The zero-order valence-corrected chi connectivity index (χ0v) is 9.85. The zero-order valence-electron chi connectivity index (χ0n) is 9.85. The average molecular weight is 276 g/mol. The summed E-state index contributed by atoms with van der Waals surface area (Å²) in [6.07, 6.45) is -3.62. The summed E-state index contributed by atoms with van der Waals surface area (Å²) >= 11 is 0. The monoisotopic (exact) mass is 276 g/mol. The van der Waals surface area contributed by atoms with E-state index in [4.69, 9.17) is 5.73 Å². The molecule has 0 bridgehead atoms. The summed E-state index contributed by atoms with van der Waals surface area (Å²) in [6.45, 7) is -0.326. The van der Waals surface area contributed by atoms with Crippen molar-refractivity contribution in [3.63, 3.8) is 0 Å². The lowest BCUT2D eigenvalue weighted by molar-refractivity contribution is -0.138. The highest BCUT2D eigenvalue weighted by Crippen LogP contribution is 2.34. The van der Waals surface area contributed by atoms with Gasteiger partial charge in [0, 0.05) is 6.54 Å². The summed E-state index contributed by atoms with van der Waals surface area (Å²) in [7, 11) is 0. The molecule has 0 spiro atoms. The van der Waals surface area contributed by atoms with Crippen molar-refractivity contribution in [2.75, 3.05) is 0 Å². The highest BCUT2D eigenvalue weighted by Gasteiger charge is 2.45. The fourth-order valence-corrected chi connectivity index (χ4v) is 1.68. The van der Waals surface area contributed by atoms with Crippen LogP contribution in [-0.2, 0) is 17.5 Å². The quantitative estimate of drug-likeness (QED) is 0.829. The van der Waals surface area contributed by atoms with Gasteiger partial charge in [0.05, 0.1) is 11.1 Å². The molecule has 1 amide bonds. The maximum absolute atomic E-state index is 12.9. The number of hydrogen-bond acceptors (Lipinski definition) is 2. The lowest BCUT2D eigenvalue weighted by Gasteiger charge is -2.15. The Hall–Kier alpha value is -1.63. The van der Waals surface area contributed by atoms with Gasteiger partial charge >= 0.3 is 6.18 Å². The van der Waals surface area contributed by atoms with E-state index in [0.717, 1.165) is 12.1 Å². The second-order valence-electron chi connectivity index (χ2n) is 4.64. The number of carbonyl (C=O) groups excluding carboxylic acids is 1. The van der Waals surface area contributed by atoms with Crippen LogP contribution >= 0.6 is 0 Å². The zero-order chi connectivity index (χ0) is 14.3. The Bertz CT molecular complexity index is 509. The van der Waals surface area contributed by atoms with Crippen molar-refractivity contribution < 1.29 is 22.4 Å². The fraction of sp³-hybridized carbons (Fsp3) is 0.417. The molecule has 7 heteroatoms. The summed E-state index contributed by atoms with van der Waals surface area (Å²) in [5.41, 5.74) is 3.39. The molecule has 0 heterocycles. The average Bonchev–Trinajstić information content (AvgIpc) is 3.05. The van der Waals surface area contributed by atoms with E-state index in [-0.39, 0.29) is 12.1 Å². The van der Waals surface area contributed by atoms with Crippen molar-refractivity contribution >= 4 is 5.91 Å². The third-order valence-corrected chi connectivity index (χ3v) is 3.06. The topological polar surface area (TPSA) is 55.1 Å². The Labute approximate surface area is 106 Å². The Morgan fingerprint density at radius 2 is 2.00 bits per heavy atom. The van der Waals surface area contributed by atoms with Crippen LogP contribution in [0.1, 0.15) is 24.0 Å². The van der Waals surface area contributed by atoms with Crippen molar-refractivity contribution in [1.29, 1.82) is 0 Å². The summed E-state index contributed by atoms with van der Waals surface area (Å²) in [6, 6.07) is 2.34. The van der Waals surface area contributed by atoms with Crippen molar-refractivity contribution in [1.82, 2.24) is 5.32 Å². The molecule has 104 valence electrons. The Kier molecular flexibility index (Phi) is 3.25. The third-order valence-electron chi connectivity index (χ3n) is 3.06. The van der Waals surface area contributed by atoms with Gasteiger partial charge in [-0.1, -0.05) is 6.07 Å². The predicted octanol–water partition coefficient (Wildman–Crippen LogP) is 1.95. The number of halogens is 4. The molecule has 0 atom stereocenters. The number of alkyl halides is 3. The van der Waals surface area contributed by atoms with Gasteiger partial charge in [-0.25, -0.2) is 4.39 Å². The maximum atomic E-state index is 12.9. The first kappa shape index (κ1) is 13.8.